The van der Waals surface area contributed by atoms with Crippen LogP contribution in [-0.2, 0) is 33.3 Å². The van der Waals surface area contributed by atoms with Crippen LogP contribution in [-0.4, -0.2) is 86.9 Å². The lowest BCUT2D eigenvalue weighted by atomic mass is 9.98. The van der Waals surface area contributed by atoms with Gasteiger partial charge in [0, 0.05) is 5.69 Å². The monoisotopic (exact) mass is 415 g/mol. The molecule has 5 atom stereocenters. The second-order valence-electron chi connectivity index (χ2n) is 6.11. The minimum atomic E-state index is -1.43. The van der Waals surface area contributed by atoms with E-state index in [9.17, 15) is 19.8 Å². The Kier molecular flexibility index (Phi) is 8.61. The Morgan fingerprint density at radius 2 is 1.59 bits per heavy atom. The van der Waals surface area contributed by atoms with E-state index in [2.05, 4.69) is 9.47 Å². The first-order valence-electron chi connectivity index (χ1n) is 8.73. The topological polar surface area (TPSA) is 156 Å². The fourth-order valence-electron chi connectivity index (χ4n) is 2.66. The summed E-state index contributed by atoms with van der Waals surface area (Å²) in [6, 6.07) is 6.34. The van der Waals surface area contributed by atoms with E-state index in [1.165, 1.54) is 14.2 Å². The molecule has 1 fully saturated rings. The number of hydrogen-bond acceptors (Lipinski definition) is 11. The Morgan fingerprint density at radius 1 is 1.03 bits per heavy atom. The second kappa shape index (κ2) is 10.9. The van der Waals surface area contributed by atoms with Gasteiger partial charge in [-0.2, -0.15) is 0 Å². The van der Waals surface area contributed by atoms with Gasteiger partial charge in [0.25, 0.3) is 0 Å². The molecule has 11 heteroatoms. The van der Waals surface area contributed by atoms with Crippen molar-refractivity contribution in [2.45, 2.75) is 30.7 Å². The van der Waals surface area contributed by atoms with E-state index in [4.69, 9.17) is 24.7 Å². The molecule has 0 aromatic heterocycles. The number of nitrogens with two attached hydrogens (primary N) is 1. The molecule has 1 aliphatic heterocycles. The number of methoxy groups -OCH3 is 2. The summed E-state index contributed by atoms with van der Waals surface area (Å²) in [6.07, 6.45) is -5.97. The number of rotatable bonds is 9. The van der Waals surface area contributed by atoms with Gasteiger partial charge in [-0.15, -0.1) is 0 Å². The van der Waals surface area contributed by atoms with Gasteiger partial charge in [0.2, 0.25) is 6.29 Å². The summed E-state index contributed by atoms with van der Waals surface area (Å²) < 4.78 is 31.2. The maximum Gasteiger partial charge on any atom is 0.331 e. The van der Waals surface area contributed by atoms with Gasteiger partial charge in [-0.05, 0) is 24.3 Å². The van der Waals surface area contributed by atoms with Crippen LogP contribution in [0.5, 0.6) is 5.75 Å². The van der Waals surface area contributed by atoms with Crippen molar-refractivity contribution in [3.8, 4) is 5.75 Å². The number of nitrogen functional groups attached to an aromatic ring is 1. The van der Waals surface area contributed by atoms with E-state index in [-0.39, 0.29) is 0 Å². The van der Waals surface area contributed by atoms with Gasteiger partial charge in [-0.1, -0.05) is 0 Å². The fourth-order valence-corrected chi connectivity index (χ4v) is 2.66. The van der Waals surface area contributed by atoms with Crippen LogP contribution in [0.4, 0.5) is 5.69 Å². The van der Waals surface area contributed by atoms with Crippen LogP contribution in [0, 0.1) is 0 Å². The van der Waals surface area contributed by atoms with E-state index in [0.717, 1.165) is 0 Å². The van der Waals surface area contributed by atoms with Crippen molar-refractivity contribution in [1.29, 1.82) is 0 Å². The smallest absolute Gasteiger partial charge is 0.331 e. The molecule has 0 aliphatic carbocycles. The number of benzene rings is 1. The molecule has 0 spiro atoms. The minimum Gasteiger partial charge on any atom is -0.467 e. The normalized spacial score (nSPS) is 26.6. The molecule has 11 nitrogen and oxygen atoms in total. The van der Waals surface area contributed by atoms with Gasteiger partial charge in [-0.25, -0.2) is 9.59 Å². The Morgan fingerprint density at radius 3 is 2.10 bits per heavy atom. The highest BCUT2D eigenvalue weighted by Crippen LogP contribution is 2.28. The Labute approximate surface area is 167 Å². The molecule has 2 rings (SSSR count). The highest BCUT2D eigenvalue weighted by atomic mass is 16.7. The molecule has 1 heterocycles. The van der Waals surface area contributed by atoms with Crippen molar-refractivity contribution in [1.82, 2.24) is 0 Å². The van der Waals surface area contributed by atoms with Gasteiger partial charge in [-0.3, -0.25) is 0 Å². The van der Waals surface area contributed by atoms with Crippen molar-refractivity contribution in [2.24, 2.45) is 0 Å². The molecule has 1 aliphatic rings. The number of carbonyl (C=O) groups excluding carboxylic acids is 2. The van der Waals surface area contributed by atoms with Gasteiger partial charge in [0.05, 0.1) is 20.8 Å². The third-order valence-corrected chi connectivity index (χ3v) is 4.17. The zero-order valence-electron chi connectivity index (χ0n) is 16.1. The number of carbonyl (C=O) groups is 2. The number of aliphatic hydroxyl groups is 2. The van der Waals surface area contributed by atoms with Crippen LogP contribution < -0.4 is 10.5 Å². The second-order valence-corrected chi connectivity index (χ2v) is 6.11. The summed E-state index contributed by atoms with van der Waals surface area (Å²) in [5.41, 5.74) is 6.15. The SMILES string of the molecule is COC(=O)CO[C@H]1[C@H](OCC(=O)OC)C(O)[C@@H](Oc2ccc(N)cc2)O[C@@H]1CO. The van der Waals surface area contributed by atoms with Crippen LogP contribution in [0.1, 0.15) is 0 Å². The lowest BCUT2D eigenvalue weighted by Gasteiger charge is -2.43. The quantitative estimate of drug-likeness (QED) is 0.330. The average molecular weight is 415 g/mol. The highest BCUT2D eigenvalue weighted by Gasteiger charge is 2.48. The largest absolute Gasteiger partial charge is 0.467 e. The molecule has 29 heavy (non-hydrogen) atoms. The van der Waals surface area contributed by atoms with Gasteiger partial charge < -0.3 is 44.4 Å². The number of ether oxygens (including phenoxy) is 6. The Balaban J connectivity index is 2.18. The van der Waals surface area contributed by atoms with Gasteiger partial charge >= 0.3 is 11.9 Å². The fraction of sp³-hybridized carbons (Fsp3) is 0.556. The van der Waals surface area contributed by atoms with Crippen LogP contribution in [0.2, 0.25) is 0 Å². The van der Waals surface area contributed by atoms with Crippen molar-refractivity contribution in [3.63, 3.8) is 0 Å². The Hall–Kier alpha value is -2.44. The van der Waals surface area contributed by atoms with E-state index < -0.39 is 62.5 Å². The van der Waals surface area contributed by atoms with E-state index >= 15 is 0 Å². The number of aliphatic hydroxyl groups excluding tert-OH is 2. The Bertz CT molecular complexity index is 667. The highest BCUT2D eigenvalue weighted by molar-refractivity contribution is 5.70. The molecule has 0 bridgehead atoms. The van der Waals surface area contributed by atoms with Crippen molar-refractivity contribution < 1.29 is 48.2 Å². The average Bonchev–Trinajstić information content (AvgIpc) is 2.73. The molecule has 1 aromatic carbocycles. The first-order chi connectivity index (χ1) is 13.9. The molecular weight excluding hydrogens is 390 g/mol. The first-order valence-corrected chi connectivity index (χ1v) is 8.73. The van der Waals surface area contributed by atoms with E-state index in [0.29, 0.717) is 11.4 Å². The maximum absolute atomic E-state index is 11.5. The lowest BCUT2D eigenvalue weighted by molar-refractivity contribution is -0.293. The van der Waals surface area contributed by atoms with Crippen molar-refractivity contribution >= 4 is 17.6 Å². The third kappa shape index (κ3) is 6.27. The number of anilines is 1. The zero-order chi connectivity index (χ0) is 21.4. The first kappa shape index (κ1) is 22.8. The summed E-state index contributed by atoms with van der Waals surface area (Å²) >= 11 is 0. The zero-order valence-corrected chi connectivity index (χ0v) is 16.1. The van der Waals surface area contributed by atoms with E-state index in [1.54, 1.807) is 24.3 Å². The van der Waals surface area contributed by atoms with Crippen molar-refractivity contribution in [2.75, 3.05) is 39.8 Å². The van der Waals surface area contributed by atoms with Gasteiger partial charge in [0.1, 0.15) is 43.4 Å². The number of hydrogen-bond donors (Lipinski definition) is 3. The van der Waals surface area contributed by atoms with Crippen LogP contribution in [0.3, 0.4) is 0 Å². The molecule has 1 aromatic rings. The van der Waals surface area contributed by atoms with Crippen LogP contribution in [0.15, 0.2) is 24.3 Å². The van der Waals surface area contributed by atoms with Crippen molar-refractivity contribution in [3.05, 3.63) is 24.3 Å². The molecule has 1 saturated heterocycles. The molecular formula is C18H25NO10. The lowest BCUT2D eigenvalue weighted by Crippen LogP contribution is -2.62. The summed E-state index contributed by atoms with van der Waals surface area (Å²) in [7, 11) is 2.37. The number of esters is 2. The maximum atomic E-state index is 11.5. The van der Waals surface area contributed by atoms with E-state index in [1.807, 2.05) is 0 Å². The summed E-state index contributed by atoms with van der Waals surface area (Å²) in [5, 5.41) is 20.4. The molecule has 4 N–H and O–H groups in total. The predicted molar refractivity (Wildman–Crippen MR) is 96.7 cm³/mol. The predicted octanol–water partition coefficient (Wildman–Crippen LogP) is -1.16. The van der Waals surface area contributed by atoms with Crippen LogP contribution >= 0.6 is 0 Å². The van der Waals surface area contributed by atoms with Gasteiger partial charge in [0.15, 0.2) is 0 Å². The molecule has 0 saturated carbocycles. The van der Waals surface area contributed by atoms with Crippen LogP contribution in [0.25, 0.3) is 0 Å². The molecule has 0 amide bonds. The molecule has 1 unspecified atom stereocenters. The third-order valence-electron chi connectivity index (χ3n) is 4.17. The molecule has 162 valence electrons. The summed E-state index contributed by atoms with van der Waals surface area (Å²) in [6.45, 7) is -1.50. The summed E-state index contributed by atoms with van der Waals surface area (Å²) in [5.74, 6) is -1.02. The summed E-state index contributed by atoms with van der Waals surface area (Å²) in [4.78, 5) is 22.9. The minimum absolute atomic E-state index is 0.348. The standard InChI is InChI=1S/C18H25NO10/c1-24-13(21)8-26-16-12(7-20)29-18(28-11-5-3-10(19)4-6-11)15(23)17(16)27-9-14(22)25-2/h3-6,12,15-18,20,23H,7-9,19H2,1-2H3/t12-,15?,16-,17-,18+/m1/s1. The molecule has 0 radical (unpaired) electrons.